The van der Waals surface area contributed by atoms with E-state index in [0.29, 0.717) is 0 Å². The molecule has 3 heteroatoms. The second-order valence-electron chi connectivity index (χ2n) is 4.95. The van der Waals surface area contributed by atoms with Crippen molar-refractivity contribution in [2.75, 3.05) is 0 Å². The van der Waals surface area contributed by atoms with Crippen molar-refractivity contribution in [1.82, 2.24) is 9.78 Å². The van der Waals surface area contributed by atoms with Crippen molar-refractivity contribution in [2.45, 2.75) is 13.8 Å². The summed E-state index contributed by atoms with van der Waals surface area (Å²) < 4.78 is 1.59. The van der Waals surface area contributed by atoms with Gasteiger partial charge in [0.1, 0.15) is 0 Å². The Kier molecular flexibility index (Phi) is 3.03. The van der Waals surface area contributed by atoms with Crippen LogP contribution < -0.4 is 5.56 Å². The average molecular weight is 264 g/mol. The molecule has 0 aliphatic heterocycles. The van der Waals surface area contributed by atoms with Crippen molar-refractivity contribution >= 4 is 0 Å². The summed E-state index contributed by atoms with van der Waals surface area (Å²) in [6, 6.07) is 17.6. The van der Waals surface area contributed by atoms with E-state index in [9.17, 15) is 4.79 Å². The van der Waals surface area contributed by atoms with Crippen LogP contribution in [0.3, 0.4) is 0 Å². The van der Waals surface area contributed by atoms with Crippen molar-refractivity contribution in [2.24, 2.45) is 0 Å². The van der Waals surface area contributed by atoms with Crippen LogP contribution in [0.25, 0.3) is 16.8 Å². The van der Waals surface area contributed by atoms with Crippen molar-refractivity contribution in [3.63, 3.8) is 0 Å². The zero-order valence-corrected chi connectivity index (χ0v) is 11.6. The fourth-order valence-electron chi connectivity index (χ4n) is 2.37. The monoisotopic (exact) mass is 264 g/mol. The number of aromatic amines is 1. The average Bonchev–Trinajstić information content (AvgIpc) is 2.76. The van der Waals surface area contributed by atoms with Gasteiger partial charge in [-0.25, -0.2) is 4.68 Å². The Morgan fingerprint density at radius 3 is 2.20 bits per heavy atom. The molecule has 0 aliphatic rings. The molecule has 0 aliphatic carbocycles. The van der Waals surface area contributed by atoms with E-state index in [1.807, 2.05) is 68.4 Å². The number of H-pyrrole nitrogens is 1. The number of aromatic nitrogens is 2. The number of hydrogen-bond donors (Lipinski definition) is 1. The van der Waals surface area contributed by atoms with Gasteiger partial charge in [0.25, 0.3) is 5.56 Å². The maximum absolute atomic E-state index is 12.6. The normalized spacial score (nSPS) is 10.7. The molecule has 3 nitrogen and oxygen atoms in total. The van der Waals surface area contributed by atoms with E-state index >= 15 is 0 Å². The molecular formula is C17H16N2O. The number of para-hydroxylation sites is 1. The molecular weight excluding hydrogens is 248 g/mol. The highest BCUT2D eigenvalue weighted by Gasteiger charge is 2.13. The molecule has 0 unspecified atom stereocenters. The third kappa shape index (κ3) is 2.07. The lowest BCUT2D eigenvalue weighted by molar-refractivity contribution is 0.835. The van der Waals surface area contributed by atoms with E-state index in [4.69, 9.17) is 0 Å². The van der Waals surface area contributed by atoms with Gasteiger partial charge in [-0.3, -0.25) is 9.89 Å². The van der Waals surface area contributed by atoms with E-state index in [0.717, 1.165) is 22.5 Å². The Morgan fingerprint density at radius 2 is 1.55 bits per heavy atom. The van der Waals surface area contributed by atoms with Crippen molar-refractivity contribution in [3.8, 4) is 16.8 Å². The molecule has 0 spiro atoms. The number of benzene rings is 2. The van der Waals surface area contributed by atoms with Crippen LogP contribution in [-0.4, -0.2) is 9.78 Å². The van der Waals surface area contributed by atoms with Crippen molar-refractivity contribution < 1.29 is 0 Å². The first kappa shape index (κ1) is 12.5. The standard InChI is InChI=1S/C17H16N2O/c1-12-8-10-14(11-9-12)16-13(2)18-19(17(16)20)15-6-4-3-5-7-15/h3-11,18H,1-2H3. The highest BCUT2D eigenvalue weighted by Crippen LogP contribution is 2.20. The van der Waals surface area contributed by atoms with Gasteiger partial charge in [0.2, 0.25) is 0 Å². The van der Waals surface area contributed by atoms with Crippen LogP contribution >= 0.6 is 0 Å². The summed E-state index contributed by atoms with van der Waals surface area (Å²) >= 11 is 0. The van der Waals surface area contributed by atoms with E-state index in [1.54, 1.807) is 4.68 Å². The molecule has 0 saturated carbocycles. The minimum atomic E-state index is -0.0162. The Balaban J connectivity index is 2.17. The zero-order chi connectivity index (χ0) is 14.1. The molecule has 1 heterocycles. The molecule has 0 bridgehead atoms. The number of aryl methyl sites for hydroxylation is 2. The van der Waals surface area contributed by atoms with Crippen LogP contribution in [0.2, 0.25) is 0 Å². The number of rotatable bonds is 2. The van der Waals surface area contributed by atoms with Crippen LogP contribution in [0, 0.1) is 13.8 Å². The maximum Gasteiger partial charge on any atom is 0.279 e. The van der Waals surface area contributed by atoms with E-state index in [2.05, 4.69) is 5.10 Å². The summed E-state index contributed by atoms with van der Waals surface area (Å²) in [7, 11) is 0. The minimum Gasteiger partial charge on any atom is -0.295 e. The predicted molar refractivity (Wildman–Crippen MR) is 81.3 cm³/mol. The van der Waals surface area contributed by atoms with Crippen LogP contribution in [0.4, 0.5) is 0 Å². The van der Waals surface area contributed by atoms with Crippen LogP contribution in [-0.2, 0) is 0 Å². The molecule has 1 N–H and O–H groups in total. The molecule has 0 atom stereocenters. The molecule has 100 valence electrons. The Bertz CT molecular complexity index is 780. The quantitative estimate of drug-likeness (QED) is 0.756. The smallest absolute Gasteiger partial charge is 0.279 e. The number of nitrogens with one attached hydrogen (secondary N) is 1. The van der Waals surface area contributed by atoms with Gasteiger partial charge in [0, 0.05) is 5.69 Å². The fourth-order valence-corrected chi connectivity index (χ4v) is 2.37. The van der Waals surface area contributed by atoms with Gasteiger partial charge in [0.15, 0.2) is 0 Å². The molecule has 0 fully saturated rings. The molecule has 3 aromatic rings. The largest absolute Gasteiger partial charge is 0.295 e. The first-order chi connectivity index (χ1) is 9.66. The summed E-state index contributed by atoms with van der Waals surface area (Å²) in [6.07, 6.45) is 0. The van der Waals surface area contributed by atoms with Crippen LogP contribution in [0.15, 0.2) is 59.4 Å². The summed E-state index contributed by atoms with van der Waals surface area (Å²) in [5.41, 5.74) is 4.57. The Labute approximate surface area is 117 Å². The second kappa shape index (κ2) is 4.85. The van der Waals surface area contributed by atoms with Crippen molar-refractivity contribution in [3.05, 3.63) is 76.2 Å². The minimum absolute atomic E-state index is 0.0162. The van der Waals surface area contributed by atoms with Gasteiger partial charge in [-0.15, -0.1) is 0 Å². The van der Waals surface area contributed by atoms with Gasteiger partial charge < -0.3 is 0 Å². The lowest BCUT2D eigenvalue weighted by Gasteiger charge is -2.00. The fraction of sp³-hybridized carbons (Fsp3) is 0.118. The SMILES string of the molecule is Cc1ccc(-c2c(C)[nH]n(-c3ccccc3)c2=O)cc1. The van der Waals surface area contributed by atoms with E-state index < -0.39 is 0 Å². The van der Waals surface area contributed by atoms with Gasteiger partial charge in [0.05, 0.1) is 11.3 Å². The molecule has 0 amide bonds. The number of hydrogen-bond acceptors (Lipinski definition) is 1. The zero-order valence-electron chi connectivity index (χ0n) is 11.6. The van der Waals surface area contributed by atoms with E-state index in [1.165, 1.54) is 5.56 Å². The van der Waals surface area contributed by atoms with Gasteiger partial charge in [-0.2, -0.15) is 0 Å². The summed E-state index contributed by atoms with van der Waals surface area (Å²) in [5, 5.41) is 3.15. The molecule has 0 radical (unpaired) electrons. The first-order valence-corrected chi connectivity index (χ1v) is 6.61. The Morgan fingerprint density at radius 1 is 0.900 bits per heavy atom. The van der Waals surface area contributed by atoms with Gasteiger partial charge in [-0.05, 0) is 31.5 Å². The molecule has 1 aromatic heterocycles. The Hall–Kier alpha value is -2.55. The van der Waals surface area contributed by atoms with Gasteiger partial charge in [-0.1, -0.05) is 48.0 Å². The topological polar surface area (TPSA) is 37.8 Å². The maximum atomic E-state index is 12.6. The second-order valence-corrected chi connectivity index (χ2v) is 4.95. The first-order valence-electron chi connectivity index (χ1n) is 6.61. The molecule has 2 aromatic carbocycles. The van der Waals surface area contributed by atoms with Crippen LogP contribution in [0.1, 0.15) is 11.3 Å². The molecule has 0 saturated heterocycles. The van der Waals surface area contributed by atoms with Gasteiger partial charge >= 0.3 is 0 Å². The highest BCUT2D eigenvalue weighted by molar-refractivity contribution is 5.65. The molecule has 20 heavy (non-hydrogen) atoms. The number of nitrogens with zero attached hydrogens (tertiary/aromatic N) is 1. The van der Waals surface area contributed by atoms with Crippen molar-refractivity contribution in [1.29, 1.82) is 0 Å². The lowest BCUT2D eigenvalue weighted by atomic mass is 10.1. The van der Waals surface area contributed by atoms with E-state index in [-0.39, 0.29) is 5.56 Å². The summed E-state index contributed by atoms with van der Waals surface area (Å²) in [5.74, 6) is 0. The predicted octanol–water partition coefficient (Wildman–Crippen LogP) is 3.45. The summed E-state index contributed by atoms with van der Waals surface area (Å²) in [6.45, 7) is 3.96. The third-order valence-corrected chi connectivity index (χ3v) is 3.43. The highest BCUT2D eigenvalue weighted by atomic mass is 16.1. The third-order valence-electron chi connectivity index (χ3n) is 3.43. The summed E-state index contributed by atoms with van der Waals surface area (Å²) in [4.78, 5) is 12.6. The molecule has 3 rings (SSSR count). The lowest BCUT2D eigenvalue weighted by Crippen LogP contribution is -2.15. The van der Waals surface area contributed by atoms with Crippen LogP contribution in [0.5, 0.6) is 0 Å².